The van der Waals surface area contributed by atoms with Crippen molar-refractivity contribution in [2.24, 2.45) is 0 Å². The number of amides is 1. The molecule has 1 N–H and O–H groups in total. The van der Waals surface area contributed by atoms with E-state index in [1.165, 1.54) is 0 Å². The van der Waals surface area contributed by atoms with E-state index >= 15 is 0 Å². The molecule has 0 aromatic heterocycles. The second-order valence-electron chi connectivity index (χ2n) is 6.13. The highest BCUT2D eigenvalue weighted by Gasteiger charge is 2.52. The fourth-order valence-corrected chi connectivity index (χ4v) is 3.00. The summed E-state index contributed by atoms with van der Waals surface area (Å²) < 4.78 is 5.11. The number of rotatable bonds is 6. The monoisotopic (exact) mass is 359 g/mol. The number of halogens is 1. The minimum atomic E-state index is -1.03. The molecule has 1 aliphatic rings. The molecule has 130 valence electrons. The van der Waals surface area contributed by atoms with Gasteiger partial charge >= 0.3 is 5.97 Å². The van der Waals surface area contributed by atoms with E-state index in [0.717, 1.165) is 24.1 Å². The van der Waals surface area contributed by atoms with Crippen LogP contribution in [0.5, 0.6) is 5.75 Å². The van der Waals surface area contributed by atoms with Crippen LogP contribution in [0.4, 0.5) is 5.69 Å². The number of carbonyl (C=O) groups is 2. The number of aliphatic carboxylic acids is 1. The number of likely N-dealkylation sites (N-methyl/N-ethyl adjacent to an activating group) is 1. The number of nitrogens with zero attached hydrogens (tertiary/aromatic N) is 1. The largest absolute Gasteiger partial charge is 0.482 e. The summed E-state index contributed by atoms with van der Waals surface area (Å²) in [5.41, 5.74) is 1.24. The maximum absolute atomic E-state index is 13.0. The zero-order chi connectivity index (χ0) is 18.0. The van der Waals surface area contributed by atoms with E-state index in [1.807, 2.05) is 12.1 Å². The molecule has 0 atom stereocenters. The van der Waals surface area contributed by atoms with Gasteiger partial charge in [-0.15, -0.1) is 0 Å². The lowest BCUT2D eigenvalue weighted by atomic mass is 9.94. The van der Waals surface area contributed by atoms with E-state index in [-0.39, 0.29) is 5.91 Å². The molecule has 0 spiro atoms. The Morgan fingerprint density at radius 2 is 1.72 bits per heavy atom. The molecule has 5 nitrogen and oxygen atoms in total. The highest BCUT2D eigenvalue weighted by molar-refractivity contribution is 6.30. The predicted molar refractivity (Wildman–Crippen MR) is 95.3 cm³/mol. The predicted octanol–water partition coefficient (Wildman–Crippen LogP) is 3.50. The summed E-state index contributed by atoms with van der Waals surface area (Å²) in [6.45, 7) is -0.395. The average molecular weight is 360 g/mol. The first-order chi connectivity index (χ1) is 11.9. The normalized spacial score (nSPS) is 14.6. The van der Waals surface area contributed by atoms with Crippen LogP contribution in [0.15, 0.2) is 48.5 Å². The summed E-state index contributed by atoms with van der Waals surface area (Å²) in [6, 6.07) is 14.2. The fraction of sp³-hybridized carbons (Fsp3) is 0.263. The van der Waals surface area contributed by atoms with E-state index in [4.69, 9.17) is 21.4 Å². The SMILES string of the molecule is CN(C(=O)C1(c2ccc(Cl)cc2)CC1)c1ccc(OCC(=O)O)cc1. The van der Waals surface area contributed by atoms with Gasteiger partial charge in [-0.25, -0.2) is 4.79 Å². The van der Waals surface area contributed by atoms with Crippen LogP contribution in [-0.4, -0.2) is 30.6 Å². The van der Waals surface area contributed by atoms with Gasteiger partial charge in [0.25, 0.3) is 0 Å². The maximum Gasteiger partial charge on any atom is 0.341 e. The first kappa shape index (κ1) is 17.3. The van der Waals surface area contributed by atoms with Crippen LogP contribution in [0.2, 0.25) is 5.02 Å². The Hall–Kier alpha value is -2.53. The van der Waals surface area contributed by atoms with Gasteiger partial charge in [0.15, 0.2) is 6.61 Å². The van der Waals surface area contributed by atoms with Crippen LogP contribution in [0, 0.1) is 0 Å². The van der Waals surface area contributed by atoms with Crippen LogP contribution < -0.4 is 9.64 Å². The first-order valence-corrected chi connectivity index (χ1v) is 8.29. The highest BCUT2D eigenvalue weighted by Crippen LogP contribution is 2.50. The van der Waals surface area contributed by atoms with Crippen molar-refractivity contribution >= 4 is 29.2 Å². The number of hydrogen-bond acceptors (Lipinski definition) is 3. The first-order valence-electron chi connectivity index (χ1n) is 7.91. The molecule has 1 saturated carbocycles. The minimum Gasteiger partial charge on any atom is -0.482 e. The Morgan fingerprint density at radius 3 is 2.24 bits per heavy atom. The zero-order valence-corrected chi connectivity index (χ0v) is 14.5. The van der Waals surface area contributed by atoms with Crippen molar-refractivity contribution < 1.29 is 19.4 Å². The third kappa shape index (κ3) is 3.61. The number of anilines is 1. The lowest BCUT2D eigenvalue weighted by Crippen LogP contribution is -2.36. The molecular weight excluding hydrogens is 342 g/mol. The number of ether oxygens (including phenoxy) is 1. The quantitative estimate of drug-likeness (QED) is 0.857. The second kappa shape index (κ2) is 6.76. The Bertz CT molecular complexity index is 782. The van der Waals surface area contributed by atoms with Gasteiger partial charge in [0, 0.05) is 17.8 Å². The van der Waals surface area contributed by atoms with Gasteiger partial charge in [0.1, 0.15) is 5.75 Å². The number of carboxylic acid groups (broad SMARTS) is 1. The summed E-state index contributed by atoms with van der Waals surface area (Å²) >= 11 is 5.94. The van der Waals surface area contributed by atoms with Crippen LogP contribution in [-0.2, 0) is 15.0 Å². The molecule has 2 aromatic carbocycles. The van der Waals surface area contributed by atoms with E-state index in [2.05, 4.69) is 0 Å². The van der Waals surface area contributed by atoms with Gasteiger partial charge in [-0.05, 0) is 54.8 Å². The molecule has 6 heteroatoms. The molecule has 3 rings (SSSR count). The average Bonchev–Trinajstić information content (AvgIpc) is 3.41. The zero-order valence-electron chi connectivity index (χ0n) is 13.7. The van der Waals surface area contributed by atoms with Crippen molar-refractivity contribution in [1.29, 1.82) is 0 Å². The molecule has 1 amide bonds. The third-order valence-corrected chi connectivity index (χ3v) is 4.70. The van der Waals surface area contributed by atoms with Crippen molar-refractivity contribution in [2.75, 3.05) is 18.6 Å². The number of hydrogen-bond donors (Lipinski definition) is 1. The standard InChI is InChI=1S/C19H18ClNO4/c1-21(15-6-8-16(9-7-15)25-12-17(22)23)18(24)19(10-11-19)13-2-4-14(20)5-3-13/h2-9H,10-12H2,1H3,(H,22,23). The van der Waals surface area contributed by atoms with Gasteiger partial charge in [-0.1, -0.05) is 23.7 Å². The molecule has 0 radical (unpaired) electrons. The Balaban J connectivity index is 1.74. The highest BCUT2D eigenvalue weighted by atomic mass is 35.5. The Kier molecular flexibility index (Phi) is 4.68. The lowest BCUT2D eigenvalue weighted by Gasteiger charge is -2.24. The van der Waals surface area contributed by atoms with Crippen LogP contribution in [0.25, 0.3) is 0 Å². The molecule has 1 aliphatic carbocycles. The van der Waals surface area contributed by atoms with Crippen LogP contribution in [0.3, 0.4) is 0 Å². The van der Waals surface area contributed by atoms with Gasteiger partial charge in [-0.2, -0.15) is 0 Å². The van der Waals surface area contributed by atoms with Crippen molar-refractivity contribution in [3.8, 4) is 5.75 Å². The second-order valence-corrected chi connectivity index (χ2v) is 6.57. The summed E-state index contributed by atoms with van der Waals surface area (Å²) in [6.07, 6.45) is 1.63. The van der Waals surface area contributed by atoms with Crippen molar-refractivity contribution in [2.45, 2.75) is 18.3 Å². The van der Waals surface area contributed by atoms with Gasteiger partial charge in [0.2, 0.25) is 5.91 Å². The minimum absolute atomic E-state index is 0.0361. The maximum atomic E-state index is 13.0. The van der Waals surface area contributed by atoms with Crippen molar-refractivity contribution in [1.82, 2.24) is 0 Å². The molecule has 0 unspecified atom stereocenters. The summed E-state index contributed by atoms with van der Waals surface area (Å²) in [5, 5.41) is 9.28. The Morgan fingerprint density at radius 1 is 1.12 bits per heavy atom. The smallest absolute Gasteiger partial charge is 0.341 e. The number of carbonyl (C=O) groups excluding carboxylic acids is 1. The molecular formula is C19H18ClNO4. The molecule has 2 aromatic rings. The summed E-state index contributed by atoms with van der Waals surface area (Å²) in [7, 11) is 1.74. The van der Waals surface area contributed by atoms with Gasteiger partial charge in [0.05, 0.1) is 5.41 Å². The number of carboxylic acids is 1. The molecule has 0 aliphatic heterocycles. The fourth-order valence-electron chi connectivity index (χ4n) is 2.87. The van der Waals surface area contributed by atoms with Crippen molar-refractivity contribution in [3.63, 3.8) is 0 Å². The van der Waals surface area contributed by atoms with Crippen LogP contribution in [0.1, 0.15) is 18.4 Å². The third-order valence-electron chi connectivity index (χ3n) is 4.45. The summed E-state index contributed by atoms with van der Waals surface area (Å²) in [5.74, 6) is -0.546. The molecule has 25 heavy (non-hydrogen) atoms. The molecule has 1 fully saturated rings. The van der Waals surface area contributed by atoms with E-state index in [0.29, 0.717) is 10.8 Å². The molecule has 0 heterocycles. The molecule has 0 bridgehead atoms. The van der Waals surface area contributed by atoms with Gasteiger partial charge < -0.3 is 14.7 Å². The van der Waals surface area contributed by atoms with Crippen molar-refractivity contribution in [3.05, 3.63) is 59.1 Å². The number of benzene rings is 2. The van der Waals surface area contributed by atoms with E-state index in [9.17, 15) is 9.59 Å². The Labute approximate surface area is 150 Å². The molecule has 0 saturated heterocycles. The van der Waals surface area contributed by atoms with E-state index in [1.54, 1.807) is 48.3 Å². The lowest BCUT2D eigenvalue weighted by molar-refractivity contribution is -0.139. The van der Waals surface area contributed by atoms with Crippen LogP contribution >= 0.6 is 11.6 Å². The topological polar surface area (TPSA) is 66.8 Å². The van der Waals surface area contributed by atoms with Gasteiger partial charge in [-0.3, -0.25) is 4.79 Å². The summed E-state index contributed by atoms with van der Waals surface area (Å²) in [4.78, 5) is 25.1. The van der Waals surface area contributed by atoms with E-state index < -0.39 is 18.0 Å².